The molecule has 0 spiro atoms. The number of para-hydroxylation sites is 6. The molecule has 0 aromatic heterocycles. The van der Waals surface area contributed by atoms with Gasteiger partial charge in [0.2, 0.25) is 0 Å². The van der Waals surface area contributed by atoms with Gasteiger partial charge in [0, 0.05) is 0 Å². The van der Waals surface area contributed by atoms with E-state index in [0.29, 0.717) is 0 Å². The summed E-state index contributed by atoms with van der Waals surface area (Å²) in [4.78, 5) is 13.9. The average molecular weight is 760 g/mol. The minimum absolute atomic E-state index is 0. The summed E-state index contributed by atoms with van der Waals surface area (Å²) in [6.45, 7) is 0. The van der Waals surface area contributed by atoms with Crippen molar-refractivity contribution >= 4 is 88.5 Å². The van der Waals surface area contributed by atoms with E-state index < -0.39 is 0 Å². The number of benzene rings is 6. The second kappa shape index (κ2) is 14.0. The van der Waals surface area contributed by atoms with E-state index in [-0.39, 0.29) is 58.3 Å². The van der Waals surface area contributed by atoms with Crippen LogP contribution in [0.3, 0.4) is 0 Å². The number of hydrogen-bond donors (Lipinski definition) is 0. The van der Waals surface area contributed by atoms with Crippen LogP contribution in [-0.4, -0.2) is 45.9 Å². The average Bonchev–Trinajstić information content (AvgIpc) is 3.06. The summed E-state index contributed by atoms with van der Waals surface area (Å²) in [5.74, 6) is 0. The molecule has 3 heterocycles. The van der Waals surface area contributed by atoms with Crippen molar-refractivity contribution in [2.45, 2.75) is 0 Å². The van der Waals surface area contributed by atoms with Gasteiger partial charge >= 0.3 is 265 Å². The zero-order chi connectivity index (χ0) is 28.1. The van der Waals surface area contributed by atoms with Gasteiger partial charge in [0.1, 0.15) is 0 Å². The first kappa shape index (κ1) is 29.7. The first-order valence-corrected chi connectivity index (χ1v) is 19.3. The monoisotopic (exact) mass is 759 g/mol. The van der Waals surface area contributed by atoms with Crippen LogP contribution < -0.4 is 29.1 Å². The molecule has 7 heteroatoms. The summed E-state index contributed by atoms with van der Waals surface area (Å²) in [5, 5.41) is 3.48. The number of fused-ring (bicyclic) bond motifs is 6. The molecule has 0 fully saturated rings. The maximum absolute atomic E-state index is 4.63. The molecule has 3 aliphatic rings. The predicted octanol–water partition coefficient (Wildman–Crippen LogP) is 4.12. The Hall–Kier alpha value is -3.31. The molecule has 9 rings (SSSR count). The van der Waals surface area contributed by atoms with Crippen molar-refractivity contribution in [3.05, 3.63) is 174 Å². The van der Waals surface area contributed by atoms with Gasteiger partial charge in [-0.3, -0.25) is 0 Å². The molecular formula is C36H25As3ClN3. The van der Waals surface area contributed by atoms with Gasteiger partial charge in [-0.2, -0.15) is 0 Å². The van der Waals surface area contributed by atoms with E-state index in [0.717, 1.165) is 33.1 Å². The van der Waals surface area contributed by atoms with Gasteiger partial charge in [-0.25, -0.2) is 0 Å². The summed E-state index contributed by atoms with van der Waals surface area (Å²) >= 11 is 0.400. The predicted molar refractivity (Wildman–Crippen MR) is 181 cm³/mol. The molecule has 3 nitrogen and oxygen atoms in total. The molecule has 43 heavy (non-hydrogen) atoms. The van der Waals surface area contributed by atoms with E-state index in [1.165, 1.54) is 24.9 Å². The SMILES string of the molecule is Cl.c1ccc2c(c1)N=c1ccccc1=[As]2.c1ccc2c(c1)N=c1ccccc1=[As]2.c1ccc2c(c1)N=c1ccccc1=[As]2. The fourth-order valence-corrected chi connectivity index (χ4v) is 11.4. The molecule has 0 amide bonds. The standard InChI is InChI=1S/3C12H8AsN.ClH/c3*1-3-7-11-9(5-1)13-10-6-2-4-8-12(10)14-11;/h3*1-8H;1H. The Kier molecular flexibility index (Phi) is 9.67. The molecule has 6 aromatic rings. The van der Waals surface area contributed by atoms with E-state index >= 15 is 0 Å². The summed E-state index contributed by atoms with van der Waals surface area (Å²) in [5.41, 5.74) is 3.48. The normalized spacial score (nSPS) is 12.8. The first-order valence-electron chi connectivity index (χ1n) is 13.6. The van der Waals surface area contributed by atoms with Gasteiger partial charge in [0.15, 0.2) is 0 Å². The fourth-order valence-electron chi connectivity index (χ4n) is 4.70. The molecular weight excluding hydrogens is 735 g/mol. The van der Waals surface area contributed by atoms with Crippen LogP contribution in [0.15, 0.2) is 161 Å². The van der Waals surface area contributed by atoms with Crippen LogP contribution in [0.1, 0.15) is 0 Å². The third kappa shape index (κ3) is 6.93. The van der Waals surface area contributed by atoms with Crippen LogP contribution in [0.25, 0.3) is 0 Å². The van der Waals surface area contributed by atoms with Crippen molar-refractivity contribution in [3.63, 3.8) is 0 Å². The van der Waals surface area contributed by atoms with Crippen LogP contribution in [-0.2, 0) is 0 Å². The molecule has 0 saturated carbocycles. The van der Waals surface area contributed by atoms with Crippen molar-refractivity contribution in [1.82, 2.24) is 0 Å². The molecule has 0 radical (unpaired) electrons. The molecule has 6 aromatic carbocycles. The van der Waals surface area contributed by atoms with Gasteiger partial charge in [-0.1, -0.05) is 0 Å². The Balaban J connectivity index is 0.000000113. The van der Waals surface area contributed by atoms with Crippen molar-refractivity contribution in [2.75, 3.05) is 0 Å². The molecule has 0 saturated heterocycles. The Morgan fingerprint density at radius 1 is 0.302 bits per heavy atom. The topological polar surface area (TPSA) is 37.1 Å². The summed E-state index contributed by atoms with van der Waals surface area (Å²) in [6, 6.07) is 50.6. The van der Waals surface area contributed by atoms with Crippen molar-refractivity contribution < 1.29 is 0 Å². The molecule has 0 atom stereocenters. The van der Waals surface area contributed by atoms with Crippen LogP contribution in [0.4, 0.5) is 17.1 Å². The van der Waals surface area contributed by atoms with Gasteiger partial charge < -0.3 is 0 Å². The van der Waals surface area contributed by atoms with E-state index in [9.17, 15) is 0 Å². The Labute approximate surface area is 274 Å². The van der Waals surface area contributed by atoms with Gasteiger partial charge in [-0.05, 0) is 0 Å². The quantitative estimate of drug-likeness (QED) is 0.209. The van der Waals surface area contributed by atoms with Crippen molar-refractivity contribution in [1.29, 1.82) is 0 Å². The minimum atomic E-state index is 0. The zero-order valence-corrected chi connectivity index (χ0v) is 29.4. The molecule has 0 aliphatic carbocycles. The second-order valence-corrected chi connectivity index (χ2v) is 17.1. The summed E-state index contributed by atoms with van der Waals surface area (Å²) in [7, 11) is 0. The van der Waals surface area contributed by atoms with Crippen LogP contribution >= 0.6 is 12.4 Å². The Morgan fingerprint density at radius 2 is 0.558 bits per heavy atom. The van der Waals surface area contributed by atoms with E-state index in [1.54, 1.807) is 0 Å². The molecule has 206 valence electrons. The summed E-state index contributed by atoms with van der Waals surface area (Å²) < 4.78 is 8.51. The number of halogens is 1. The third-order valence-electron chi connectivity index (χ3n) is 6.74. The number of hydrogen-bond acceptors (Lipinski definition) is 3. The Bertz CT molecular complexity index is 1910. The van der Waals surface area contributed by atoms with Crippen molar-refractivity contribution in [3.8, 4) is 0 Å². The fraction of sp³-hybridized carbons (Fsp3) is 0. The van der Waals surface area contributed by atoms with Crippen LogP contribution in [0.5, 0.6) is 0 Å². The first-order chi connectivity index (χ1) is 20.8. The molecule has 0 bridgehead atoms. The zero-order valence-electron chi connectivity index (χ0n) is 22.9. The van der Waals surface area contributed by atoms with Gasteiger partial charge in [0.05, 0.1) is 0 Å². The molecule has 3 aliphatic heterocycles. The number of rotatable bonds is 0. The van der Waals surface area contributed by atoms with Crippen LogP contribution in [0.2, 0.25) is 0 Å². The van der Waals surface area contributed by atoms with Crippen molar-refractivity contribution in [2.24, 2.45) is 15.0 Å². The van der Waals surface area contributed by atoms with E-state index in [2.05, 4.69) is 161 Å². The Morgan fingerprint density at radius 3 is 0.884 bits per heavy atom. The summed E-state index contributed by atoms with van der Waals surface area (Å²) in [6.07, 6.45) is 0. The van der Waals surface area contributed by atoms with Gasteiger partial charge in [0.25, 0.3) is 0 Å². The molecule has 0 N–H and O–H groups in total. The van der Waals surface area contributed by atoms with Gasteiger partial charge in [-0.15, -0.1) is 12.4 Å². The third-order valence-corrected chi connectivity index (χ3v) is 14.5. The van der Waals surface area contributed by atoms with E-state index in [1.807, 2.05) is 0 Å². The van der Waals surface area contributed by atoms with E-state index in [4.69, 9.17) is 0 Å². The molecule has 0 unspecified atom stereocenters. The number of nitrogens with zero attached hydrogens (tertiary/aromatic N) is 3. The maximum atomic E-state index is 4.63. The van der Waals surface area contributed by atoms with Crippen LogP contribution in [0, 0.1) is 11.8 Å². The second-order valence-electron chi connectivity index (χ2n) is 9.60.